The van der Waals surface area contributed by atoms with E-state index in [4.69, 9.17) is 0 Å². The second-order valence-corrected chi connectivity index (χ2v) is 5.75. The number of anilines is 1. The highest BCUT2D eigenvalue weighted by Crippen LogP contribution is 2.39. The van der Waals surface area contributed by atoms with Crippen LogP contribution in [-0.2, 0) is 4.79 Å². The predicted molar refractivity (Wildman–Crippen MR) is 69.4 cm³/mol. The number of likely N-dealkylation sites (N-methyl/N-ethyl adjacent to an activating group) is 1. The maximum atomic E-state index is 11.2. The molecule has 2 unspecified atom stereocenters. The van der Waals surface area contributed by atoms with Gasteiger partial charge in [0.2, 0.25) is 0 Å². The highest BCUT2D eigenvalue weighted by molar-refractivity contribution is 8.00. The topological polar surface area (TPSA) is 52.6 Å². The van der Waals surface area contributed by atoms with Crippen molar-refractivity contribution in [3.63, 3.8) is 0 Å². The lowest BCUT2D eigenvalue weighted by Gasteiger charge is -2.20. The molecule has 0 saturated heterocycles. The minimum absolute atomic E-state index is 0.350. The fraction of sp³-hybridized carbons (Fsp3) is 0.417. The largest absolute Gasteiger partial charge is 0.480 e. The van der Waals surface area contributed by atoms with E-state index in [0.29, 0.717) is 5.37 Å². The Bertz CT molecular complexity index is 448. The second kappa shape index (κ2) is 4.58. The minimum Gasteiger partial charge on any atom is -0.480 e. The summed E-state index contributed by atoms with van der Waals surface area (Å²) >= 11 is 1.76. The lowest BCUT2D eigenvalue weighted by atomic mass is 10.1. The third-order valence-corrected chi connectivity index (χ3v) is 3.81. The van der Waals surface area contributed by atoms with Gasteiger partial charge < -0.3 is 10.4 Å². The van der Waals surface area contributed by atoms with Gasteiger partial charge in [0.25, 0.3) is 0 Å². The second-order valence-electron chi connectivity index (χ2n) is 4.36. The van der Waals surface area contributed by atoms with Gasteiger partial charge in [-0.25, -0.2) is 0 Å². The van der Waals surface area contributed by atoms with Crippen molar-refractivity contribution in [3.05, 3.63) is 23.8 Å². The molecule has 1 aliphatic heterocycles. The molecule has 0 aromatic heterocycles. The summed E-state index contributed by atoms with van der Waals surface area (Å²) in [4.78, 5) is 14.1. The average Bonchev–Trinajstić information content (AvgIpc) is 2.56. The van der Waals surface area contributed by atoms with Gasteiger partial charge in [-0.2, -0.15) is 0 Å². The zero-order chi connectivity index (χ0) is 12.6. The summed E-state index contributed by atoms with van der Waals surface area (Å²) in [7, 11) is 3.55. The van der Waals surface area contributed by atoms with Gasteiger partial charge >= 0.3 is 5.97 Å². The molecule has 17 heavy (non-hydrogen) atoms. The predicted octanol–water partition coefficient (Wildman–Crippen LogP) is 2.24. The smallest absolute Gasteiger partial charge is 0.325 e. The zero-order valence-corrected chi connectivity index (χ0v) is 10.9. The van der Waals surface area contributed by atoms with Crippen molar-refractivity contribution in [1.82, 2.24) is 4.90 Å². The van der Waals surface area contributed by atoms with Crippen LogP contribution in [0.5, 0.6) is 0 Å². The van der Waals surface area contributed by atoms with Crippen molar-refractivity contribution >= 4 is 23.4 Å². The van der Waals surface area contributed by atoms with Gasteiger partial charge in [0.15, 0.2) is 0 Å². The van der Waals surface area contributed by atoms with Gasteiger partial charge in [0.05, 0.1) is 5.37 Å². The fourth-order valence-corrected chi connectivity index (χ4v) is 2.99. The Morgan fingerprint density at radius 1 is 1.53 bits per heavy atom. The Morgan fingerprint density at radius 2 is 2.24 bits per heavy atom. The van der Waals surface area contributed by atoms with Crippen LogP contribution in [0.3, 0.4) is 0 Å². The van der Waals surface area contributed by atoms with E-state index in [0.717, 1.165) is 11.3 Å². The molecule has 0 spiro atoms. The number of hydrogen-bond acceptors (Lipinski definition) is 4. The van der Waals surface area contributed by atoms with E-state index in [2.05, 4.69) is 12.2 Å². The number of rotatable bonds is 3. The molecule has 1 aromatic rings. The summed E-state index contributed by atoms with van der Waals surface area (Å²) in [5.74, 6) is -0.825. The highest BCUT2D eigenvalue weighted by atomic mass is 32.2. The molecular weight excluding hydrogens is 236 g/mol. The van der Waals surface area contributed by atoms with Gasteiger partial charge in [-0.15, -0.1) is 0 Å². The molecule has 5 heteroatoms. The molecule has 0 saturated carbocycles. The van der Waals surface area contributed by atoms with E-state index < -0.39 is 12.0 Å². The molecule has 4 nitrogen and oxygen atoms in total. The molecule has 0 radical (unpaired) electrons. The van der Waals surface area contributed by atoms with Gasteiger partial charge in [-0.3, -0.25) is 9.69 Å². The lowest BCUT2D eigenvalue weighted by molar-refractivity contribution is -0.142. The molecule has 0 fully saturated rings. The van der Waals surface area contributed by atoms with Crippen LogP contribution in [0.25, 0.3) is 0 Å². The molecule has 0 amide bonds. The maximum Gasteiger partial charge on any atom is 0.325 e. The van der Waals surface area contributed by atoms with Gasteiger partial charge in [0.1, 0.15) is 6.04 Å². The summed E-state index contributed by atoms with van der Waals surface area (Å²) in [5.41, 5.74) is 1.84. The standard InChI is InChI=1S/C12H16N2O2S/c1-7-13-9-6-8(4-5-10(9)17-7)11(12(15)16)14(2)3/h4-7,11,13H,1-3H3,(H,15,16). The first-order valence-electron chi connectivity index (χ1n) is 5.45. The van der Waals surface area contributed by atoms with Gasteiger partial charge in [-0.1, -0.05) is 17.8 Å². The number of nitrogens with one attached hydrogen (secondary N) is 1. The normalized spacial score (nSPS) is 19.9. The van der Waals surface area contributed by atoms with Crippen LogP contribution in [0.1, 0.15) is 18.5 Å². The minimum atomic E-state index is -0.825. The average molecular weight is 252 g/mol. The van der Waals surface area contributed by atoms with E-state index in [9.17, 15) is 9.90 Å². The molecule has 2 rings (SSSR count). The number of benzene rings is 1. The molecule has 0 aliphatic carbocycles. The molecule has 2 N–H and O–H groups in total. The number of nitrogens with zero attached hydrogens (tertiary/aromatic N) is 1. The third kappa shape index (κ3) is 2.40. The molecule has 1 heterocycles. The SMILES string of the molecule is CC1Nc2cc(C(C(=O)O)N(C)C)ccc2S1. The van der Waals surface area contributed by atoms with Crippen molar-refractivity contribution in [3.8, 4) is 0 Å². The van der Waals surface area contributed by atoms with Crippen molar-refractivity contribution in [1.29, 1.82) is 0 Å². The summed E-state index contributed by atoms with van der Waals surface area (Å²) < 4.78 is 0. The maximum absolute atomic E-state index is 11.2. The first-order chi connectivity index (χ1) is 7.99. The van der Waals surface area contributed by atoms with Crippen molar-refractivity contribution in [2.24, 2.45) is 0 Å². The number of thioether (sulfide) groups is 1. The van der Waals surface area contributed by atoms with E-state index in [1.807, 2.05) is 18.2 Å². The van der Waals surface area contributed by atoms with Gasteiger partial charge in [0, 0.05) is 10.6 Å². The summed E-state index contributed by atoms with van der Waals surface area (Å²) in [5, 5.41) is 12.9. The monoisotopic (exact) mass is 252 g/mol. The van der Waals surface area contributed by atoms with Crippen molar-refractivity contribution < 1.29 is 9.90 Å². The van der Waals surface area contributed by atoms with E-state index in [1.54, 1.807) is 30.8 Å². The number of fused-ring (bicyclic) bond motifs is 1. The van der Waals surface area contributed by atoms with Crippen LogP contribution < -0.4 is 5.32 Å². The van der Waals surface area contributed by atoms with Crippen LogP contribution in [0.4, 0.5) is 5.69 Å². The van der Waals surface area contributed by atoms with E-state index in [-0.39, 0.29) is 0 Å². The highest BCUT2D eigenvalue weighted by Gasteiger charge is 2.25. The Balaban J connectivity index is 2.34. The van der Waals surface area contributed by atoms with E-state index >= 15 is 0 Å². The zero-order valence-electron chi connectivity index (χ0n) is 10.1. The Hall–Kier alpha value is -1.20. The Kier molecular flexibility index (Phi) is 3.31. The van der Waals surface area contributed by atoms with E-state index in [1.165, 1.54) is 4.90 Å². The van der Waals surface area contributed by atoms with Crippen molar-refractivity contribution in [2.45, 2.75) is 23.2 Å². The molecule has 1 aromatic carbocycles. The lowest BCUT2D eigenvalue weighted by Crippen LogP contribution is -2.27. The Labute approximate surface area is 105 Å². The summed E-state index contributed by atoms with van der Waals surface area (Å²) in [6.45, 7) is 2.09. The molecular formula is C12H16N2O2S. The van der Waals surface area contributed by atoms with Crippen molar-refractivity contribution in [2.75, 3.05) is 19.4 Å². The summed E-state index contributed by atoms with van der Waals surface area (Å²) in [6, 6.07) is 5.23. The number of aliphatic carboxylic acids is 1. The van der Waals surface area contributed by atoms with Crippen LogP contribution in [0, 0.1) is 0 Å². The molecule has 2 atom stereocenters. The fourth-order valence-electron chi connectivity index (χ4n) is 2.03. The number of carboxylic acids is 1. The van der Waals surface area contributed by atoms with Gasteiger partial charge in [-0.05, 0) is 38.7 Å². The molecule has 92 valence electrons. The van der Waals surface area contributed by atoms with Crippen LogP contribution >= 0.6 is 11.8 Å². The summed E-state index contributed by atoms with van der Waals surface area (Å²) in [6.07, 6.45) is 0. The third-order valence-electron chi connectivity index (χ3n) is 2.73. The van der Waals surface area contributed by atoms with Crippen LogP contribution in [0.15, 0.2) is 23.1 Å². The first kappa shape index (κ1) is 12.3. The number of carbonyl (C=O) groups is 1. The first-order valence-corrected chi connectivity index (χ1v) is 6.33. The number of hydrogen-bond donors (Lipinski definition) is 2. The van der Waals surface area contributed by atoms with Crippen LogP contribution in [-0.4, -0.2) is 35.4 Å². The molecule has 1 aliphatic rings. The quantitative estimate of drug-likeness (QED) is 0.864. The Morgan fingerprint density at radius 3 is 2.82 bits per heavy atom. The molecule has 0 bridgehead atoms. The number of carboxylic acid groups (broad SMARTS) is 1. The van der Waals surface area contributed by atoms with Crippen LogP contribution in [0.2, 0.25) is 0 Å².